The Morgan fingerprint density at radius 1 is 1.07 bits per heavy atom. The number of anilines is 1. The van der Waals surface area contributed by atoms with Gasteiger partial charge in [0.2, 0.25) is 5.91 Å². The number of nitrogens with zero attached hydrogens (tertiary/aromatic N) is 4. The smallest absolute Gasteiger partial charge is 0.263 e. The molecule has 2 aromatic rings. The first-order valence-electron chi connectivity index (χ1n) is 9.19. The van der Waals surface area contributed by atoms with Crippen molar-refractivity contribution in [2.45, 2.75) is 19.3 Å². The zero-order valence-corrected chi connectivity index (χ0v) is 15.3. The highest BCUT2D eigenvalue weighted by Gasteiger charge is 2.49. The Balaban J connectivity index is 1.48. The number of hydrogen-bond donors (Lipinski definition) is 0. The van der Waals surface area contributed by atoms with Crippen LogP contribution < -0.4 is 10.5 Å². The fraction of sp³-hybridized carbons (Fsp3) is 0.400. The summed E-state index contributed by atoms with van der Waals surface area (Å²) in [5.41, 5.74) is 0.313. The van der Waals surface area contributed by atoms with E-state index in [1.54, 1.807) is 47.6 Å². The molecule has 2 saturated heterocycles. The molecule has 2 aliphatic rings. The van der Waals surface area contributed by atoms with Crippen molar-refractivity contribution >= 4 is 17.5 Å². The second-order valence-electron chi connectivity index (χ2n) is 7.33. The molecule has 0 atom stereocenters. The SMILES string of the molecule is Cn1cccc(C(=O)N2CCC3(CC2)CCN(c2cccnc2)C3=O)c1=O. The number of pyridine rings is 2. The minimum absolute atomic E-state index is 0.123. The Labute approximate surface area is 157 Å². The lowest BCUT2D eigenvalue weighted by Gasteiger charge is -2.37. The standard InChI is InChI=1S/C20H22N4O3/c1-22-10-3-5-16(17(22)25)18(26)23-11-6-20(7-12-23)8-13-24(19(20)27)15-4-2-9-21-14-15/h2-5,9-10,14H,6-8,11-13H2,1H3. The Morgan fingerprint density at radius 2 is 1.81 bits per heavy atom. The molecule has 2 aromatic heterocycles. The van der Waals surface area contributed by atoms with Crippen LogP contribution in [0, 0.1) is 5.41 Å². The summed E-state index contributed by atoms with van der Waals surface area (Å²) in [6.45, 7) is 1.66. The summed E-state index contributed by atoms with van der Waals surface area (Å²) in [5, 5.41) is 0. The highest BCUT2D eigenvalue weighted by Crippen LogP contribution is 2.43. The first-order valence-corrected chi connectivity index (χ1v) is 9.19. The van der Waals surface area contributed by atoms with Crippen LogP contribution in [0.2, 0.25) is 0 Å². The van der Waals surface area contributed by atoms with Crippen molar-refractivity contribution < 1.29 is 9.59 Å². The third-order valence-corrected chi connectivity index (χ3v) is 5.83. The lowest BCUT2D eigenvalue weighted by atomic mass is 9.77. The molecule has 7 nitrogen and oxygen atoms in total. The first-order chi connectivity index (χ1) is 13.0. The van der Waals surface area contributed by atoms with Crippen LogP contribution in [0.5, 0.6) is 0 Å². The summed E-state index contributed by atoms with van der Waals surface area (Å²) < 4.78 is 1.41. The van der Waals surface area contributed by atoms with E-state index in [1.165, 1.54) is 4.57 Å². The van der Waals surface area contributed by atoms with Crippen molar-refractivity contribution in [2.24, 2.45) is 12.5 Å². The third kappa shape index (κ3) is 2.93. The fourth-order valence-electron chi connectivity index (χ4n) is 4.11. The normalized spacial score (nSPS) is 18.9. The molecule has 0 N–H and O–H groups in total. The van der Waals surface area contributed by atoms with E-state index in [1.807, 2.05) is 12.1 Å². The van der Waals surface area contributed by atoms with E-state index in [9.17, 15) is 14.4 Å². The van der Waals surface area contributed by atoms with Crippen molar-refractivity contribution in [1.29, 1.82) is 0 Å². The predicted molar refractivity (Wildman–Crippen MR) is 100 cm³/mol. The fourth-order valence-corrected chi connectivity index (χ4v) is 4.11. The zero-order valence-electron chi connectivity index (χ0n) is 15.3. The van der Waals surface area contributed by atoms with E-state index >= 15 is 0 Å². The van der Waals surface area contributed by atoms with Gasteiger partial charge in [-0.25, -0.2) is 0 Å². The van der Waals surface area contributed by atoms with Gasteiger partial charge < -0.3 is 14.4 Å². The van der Waals surface area contributed by atoms with Gasteiger partial charge in [0.15, 0.2) is 0 Å². The maximum atomic E-state index is 13.1. The lowest BCUT2D eigenvalue weighted by molar-refractivity contribution is -0.127. The van der Waals surface area contributed by atoms with Crippen molar-refractivity contribution in [3.63, 3.8) is 0 Å². The third-order valence-electron chi connectivity index (χ3n) is 5.83. The minimum atomic E-state index is -0.408. The summed E-state index contributed by atoms with van der Waals surface area (Å²) in [7, 11) is 1.63. The summed E-state index contributed by atoms with van der Waals surface area (Å²) in [6.07, 6.45) is 7.08. The van der Waals surface area contributed by atoms with Gasteiger partial charge in [0, 0.05) is 39.1 Å². The van der Waals surface area contributed by atoms with Crippen molar-refractivity contribution in [1.82, 2.24) is 14.5 Å². The highest BCUT2D eigenvalue weighted by molar-refractivity contribution is 6.00. The monoisotopic (exact) mass is 366 g/mol. The first kappa shape index (κ1) is 17.5. The Kier molecular flexibility index (Phi) is 4.30. The summed E-state index contributed by atoms with van der Waals surface area (Å²) in [6, 6.07) is 7.00. The van der Waals surface area contributed by atoms with Crippen LogP contribution in [0.4, 0.5) is 5.69 Å². The molecule has 2 fully saturated rings. The Morgan fingerprint density at radius 3 is 2.52 bits per heavy atom. The van der Waals surface area contributed by atoms with E-state index < -0.39 is 5.41 Å². The Hall–Kier alpha value is -2.96. The van der Waals surface area contributed by atoms with Gasteiger partial charge in [0.05, 0.1) is 17.3 Å². The number of piperidine rings is 1. The number of carbonyl (C=O) groups is 2. The number of hydrogen-bond acceptors (Lipinski definition) is 4. The van der Waals surface area contributed by atoms with Crippen LogP contribution >= 0.6 is 0 Å². The lowest BCUT2D eigenvalue weighted by Crippen LogP contribution is -2.47. The van der Waals surface area contributed by atoms with Crippen LogP contribution in [0.3, 0.4) is 0 Å². The molecule has 1 spiro atoms. The van der Waals surface area contributed by atoms with Crippen LogP contribution in [-0.4, -0.2) is 45.9 Å². The van der Waals surface area contributed by atoms with Crippen LogP contribution in [0.25, 0.3) is 0 Å². The molecule has 4 rings (SSSR count). The van der Waals surface area contributed by atoms with Gasteiger partial charge in [-0.15, -0.1) is 0 Å². The van der Waals surface area contributed by atoms with Gasteiger partial charge in [-0.3, -0.25) is 19.4 Å². The van der Waals surface area contributed by atoms with Gasteiger partial charge in [-0.1, -0.05) is 0 Å². The van der Waals surface area contributed by atoms with E-state index in [2.05, 4.69) is 4.98 Å². The molecule has 2 amide bonds. The van der Waals surface area contributed by atoms with Crippen molar-refractivity contribution in [3.05, 3.63) is 58.8 Å². The molecule has 0 saturated carbocycles. The number of aromatic nitrogens is 2. The number of carbonyl (C=O) groups excluding carboxylic acids is 2. The topological polar surface area (TPSA) is 75.5 Å². The maximum Gasteiger partial charge on any atom is 0.263 e. The number of amides is 2. The minimum Gasteiger partial charge on any atom is -0.338 e. The van der Waals surface area contributed by atoms with E-state index in [-0.39, 0.29) is 22.9 Å². The Bertz CT molecular complexity index is 930. The summed E-state index contributed by atoms with van der Waals surface area (Å²) in [4.78, 5) is 45.6. The van der Waals surface area contributed by atoms with E-state index in [4.69, 9.17) is 0 Å². The molecule has 2 aliphatic heterocycles. The quantitative estimate of drug-likeness (QED) is 0.806. The molecule has 0 unspecified atom stereocenters. The number of rotatable bonds is 2. The molecule has 27 heavy (non-hydrogen) atoms. The molecular weight excluding hydrogens is 344 g/mol. The van der Waals surface area contributed by atoms with Gasteiger partial charge in [-0.2, -0.15) is 0 Å². The average Bonchev–Trinajstić information content (AvgIpc) is 3.01. The molecule has 7 heteroatoms. The molecule has 0 bridgehead atoms. The average molecular weight is 366 g/mol. The van der Waals surface area contributed by atoms with Gasteiger partial charge >= 0.3 is 0 Å². The zero-order chi connectivity index (χ0) is 19.0. The predicted octanol–water partition coefficient (Wildman–Crippen LogP) is 1.44. The van der Waals surface area contributed by atoms with Crippen molar-refractivity contribution in [3.8, 4) is 0 Å². The molecule has 0 aliphatic carbocycles. The van der Waals surface area contributed by atoms with E-state index in [0.29, 0.717) is 32.5 Å². The molecule has 140 valence electrons. The van der Waals surface area contributed by atoms with Gasteiger partial charge in [0.25, 0.3) is 11.5 Å². The maximum absolute atomic E-state index is 13.1. The number of likely N-dealkylation sites (tertiary alicyclic amines) is 1. The molecular formula is C20H22N4O3. The largest absolute Gasteiger partial charge is 0.338 e. The molecule has 0 aromatic carbocycles. The van der Waals surface area contributed by atoms with Gasteiger partial charge in [0.1, 0.15) is 5.56 Å². The van der Waals surface area contributed by atoms with Gasteiger partial charge in [-0.05, 0) is 43.5 Å². The summed E-state index contributed by atoms with van der Waals surface area (Å²) in [5.74, 6) is -0.126. The van der Waals surface area contributed by atoms with Crippen molar-refractivity contribution in [2.75, 3.05) is 24.5 Å². The molecule has 0 radical (unpaired) electrons. The van der Waals surface area contributed by atoms with Crippen LogP contribution in [0.1, 0.15) is 29.6 Å². The van der Waals surface area contributed by atoms with E-state index in [0.717, 1.165) is 12.1 Å². The van der Waals surface area contributed by atoms with Crippen LogP contribution in [-0.2, 0) is 11.8 Å². The second kappa shape index (κ2) is 6.64. The summed E-state index contributed by atoms with van der Waals surface area (Å²) >= 11 is 0. The second-order valence-corrected chi connectivity index (χ2v) is 7.33. The molecule has 4 heterocycles. The number of aryl methyl sites for hydroxylation is 1. The highest BCUT2D eigenvalue weighted by atomic mass is 16.2. The van der Waals surface area contributed by atoms with Crippen LogP contribution in [0.15, 0.2) is 47.7 Å².